The van der Waals surface area contributed by atoms with E-state index in [0.29, 0.717) is 33.4 Å². The highest BCUT2D eigenvalue weighted by Crippen LogP contribution is 2.31. The SMILES string of the molecule is CCc1ccc(NC(=O)CSc2nc3c([nH]c4ccccc43)c(=O)n2-c2ccc(OC)c(OC)c2)cc1. The summed E-state index contributed by atoms with van der Waals surface area (Å²) < 4.78 is 12.3. The van der Waals surface area contributed by atoms with E-state index in [2.05, 4.69) is 17.2 Å². The molecule has 5 rings (SSSR count). The van der Waals surface area contributed by atoms with E-state index in [4.69, 9.17) is 14.5 Å². The number of amides is 1. The molecule has 0 fully saturated rings. The van der Waals surface area contributed by atoms with E-state index in [1.165, 1.54) is 29.0 Å². The van der Waals surface area contributed by atoms with Gasteiger partial charge in [-0.2, -0.15) is 0 Å². The molecule has 0 radical (unpaired) electrons. The summed E-state index contributed by atoms with van der Waals surface area (Å²) in [6.07, 6.45) is 0.930. The van der Waals surface area contributed by atoms with Crippen LogP contribution in [0, 0.1) is 0 Å². The van der Waals surface area contributed by atoms with E-state index in [0.717, 1.165) is 23.0 Å². The van der Waals surface area contributed by atoms with Crippen molar-refractivity contribution in [1.82, 2.24) is 14.5 Å². The van der Waals surface area contributed by atoms with Gasteiger partial charge in [-0.05, 0) is 42.3 Å². The van der Waals surface area contributed by atoms with Gasteiger partial charge in [0, 0.05) is 22.7 Å². The van der Waals surface area contributed by atoms with Crippen LogP contribution in [-0.4, -0.2) is 40.4 Å². The Morgan fingerprint density at radius 2 is 1.78 bits per heavy atom. The predicted molar refractivity (Wildman–Crippen MR) is 147 cm³/mol. The predicted octanol–water partition coefficient (Wildman–Crippen LogP) is 5.18. The number of benzene rings is 3. The van der Waals surface area contributed by atoms with Crippen LogP contribution in [0.5, 0.6) is 11.5 Å². The largest absolute Gasteiger partial charge is 0.493 e. The zero-order valence-electron chi connectivity index (χ0n) is 20.7. The summed E-state index contributed by atoms with van der Waals surface area (Å²) >= 11 is 1.20. The third kappa shape index (κ3) is 4.77. The molecule has 0 bridgehead atoms. The zero-order chi connectivity index (χ0) is 25.9. The van der Waals surface area contributed by atoms with E-state index >= 15 is 0 Å². The molecule has 0 saturated carbocycles. The lowest BCUT2D eigenvalue weighted by Gasteiger charge is -2.14. The number of fused-ring (bicyclic) bond motifs is 3. The van der Waals surface area contributed by atoms with Crippen LogP contribution in [0.15, 0.2) is 76.7 Å². The maximum absolute atomic E-state index is 13.8. The standard InChI is InChI=1S/C28H26N4O4S/c1-4-17-9-11-18(12-10-17)29-24(33)16-37-28-31-25-20-7-5-6-8-21(20)30-26(25)27(34)32(28)19-13-14-22(35-2)23(15-19)36-3/h5-15,30H,4,16H2,1-3H3,(H,29,33). The van der Waals surface area contributed by atoms with Crippen LogP contribution in [-0.2, 0) is 11.2 Å². The second kappa shape index (κ2) is 10.4. The number of H-pyrrole nitrogens is 1. The first-order valence-electron chi connectivity index (χ1n) is 11.8. The Morgan fingerprint density at radius 3 is 2.51 bits per heavy atom. The van der Waals surface area contributed by atoms with Crippen LogP contribution < -0.4 is 20.3 Å². The maximum atomic E-state index is 13.8. The van der Waals surface area contributed by atoms with Gasteiger partial charge in [-0.15, -0.1) is 0 Å². The summed E-state index contributed by atoms with van der Waals surface area (Å²) in [5.74, 6) is 0.902. The van der Waals surface area contributed by atoms with Gasteiger partial charge in [-0.3, -0.25) is 14.2 Å². The number of aromatic amines is 1. The van der Waals surface area contributed by atoms with Gasteiger partial charge >= 0.3 is 0 Å². The average molecular weight is 515 g/mol. The molecule has 0 aliphatic carbocycles. The molecule has 2 N–H and O–H groups in total. The first-order chi connectivity index (χ1) is 18.0. The fourth-order valence-corrected chi connectivity index (χ4v) is 4.99. The van der Waals surface area contributed by atoms with Crippen LogP contribution >= 0.6 is 11.8 Å². The first kappa shape index (κ1) is 24.5. The number of aryl methyl sites for hydroxylation is 1. The third-order valence-corrected chi connectivity index (χ3v) is 7.04. The number of methoxy groups -OCH3 is 2. The summed E-state index contributed by atoms with van der Waals surface area (Å²) in [4.78, 5) is 34.6. The van der Waals surface area contributed by atoms with Crippen molar-refractivity contribution in [2.24, 2.45) is 0 Å². The number of rotatable bonds is 8. The average Bonchev–Trinajstić information content (AvgIpc) is 3.31. The Bertz CT molecular complexity index is 1660. The Morgan fingerprint density at radius 1 is 1.03 bits per heavy atom. The number of thioether (sulfide) groups is 1. The number of nitrogens with one attached hydrogen (secondary N) is 2. The molecule has 0 saturated heterocycles. The smallest absolute Gasteiger partial charge is 0.283 e. The topological polar surface area (TPSA) is 98.2 Å². The van der Waals surface area contributed by atoms with E-state index in [-0.39, 0.29) is 17.2 Å². The van der Waals surface area contributed by atoms with Gasteiger partial charge in [-0.1, -0.05) is 49.0 Å². The number of hydrogen-bond donors (Lipinski definition) is 2. The van der Waals surface area contributed by atoms with Crippen molar-refractivity contribution in [3.63, 3.8) is 0 Å². The summed E-state index contributed by atoms with van der Waals surface area (Å²) in [6.45, 7) is 2.08. The molecule has 1 amide bonds. The highest BCUT2D eigenvalue weighted by atomic mass is 32.2. The van der Waals surface area contributed by atoms with Crippen molar-refractivity contribution in [2.75, 3.05) is 25.3 Å². The number of ether oxygens (including phenoxy) is 2. The third-order valence-electron chi connectivity index (χ3n) is 6.10. The van der Waals surface area contributed by atoms with Gasteiger partial charge < -0.3 is 19.8 Å². The van der Waals surface area contributed by atoms with E-state index in [1.807, 2.05) is 48.5 Å². The molecule has 37 heavy (non-hydrogen) atoms. The van der Waals surface area contributed by atoms with Gasteiger partial charge in [0.25, 0.3) is 5.56 Å². The Hall–Kier alpha value is -4.24. The Labute approximate surface area is 217 Å². The number of hydrogen-bond acceptors (Lipinski definition) is 6. The Balaban J connectivity index is 1.55. The van der Waals surface area contributed by atoms with E-state index in [9.17, 15) is 9.59 Å². The lowest BCUT2D eigenvalue weighted by atomic mass is 10.1. The highest BCUT2D eigenvalue weighted by molar-refractivity contribution is 7.99. The number of aromatic nitrogens is 3. The van der Waals surface area contributed by atoms with Crippen LogP contribution in [0.3, 0.4) is 0 Å². The van der Waals surface area contributed by atoms with Crippen LogP contribution in [0.25, 0.3) is 27.6 Å². The lowest BCUT2D eigenvalue weighted by Crippen LogP contribution is -2.23. The monoisotopic (exact) mass is 514 g/mol. The van der Waals surface area contributed by atoms with Crippen LogP contribution in [0.1, 0.15) is 12.5 Å². The summed E-state index contributed by atoms with van der Waals surface area (Å²) in [6, 6.07) is 20.6. The van der Waals surface area contributed by atoms with Gasteiger partial charge in [-0.25, -0.2) is 4.98 Å². The zero-order valence-corrected chi connectivity index (χ0v) is 21.5. The normalized spacial score (nSPS) is 11.1. The van der Waals surface area contributed by atoms with Crippen molar-refractivity contribution in [1.29, 1.82) is 0 Å². The van der Waals surface area contributed by atoms with Gasteiger partial charge in [0.2, 0.25) is 5.91 Å². The molecule has 0 aliphatic heterocycles. The van der Waals surface area contributed by atoms with Crippen molar-refractivity contribution in [2.45, 2.75) is 18.5 Å². The number of nitrogens with zero attached hydrogens (tertiary/aromatic N) is 2. The first-order valence-corrected chi connectivity index (χ1v) is 12.8. The van der Waals surface area contributed by atoms with Crippen molar-refractivity contribution >= 4 is 45.3 Å². The molecule has 2 heterocycles. The van der Waals surface area contributed by atoms with Gasteiger partial charge in [0.15, 0.2) is 16.7 Å². The molecular weight excluding hydrogens is 488 g/mol. The quantitative estimate of drug-likeness (QED) is 0.219. The fraction of sp³-hybridized carbons (Fsp3) is 0.179. The number of anilines is 1. The molecule has 5 aromatic rings. The maximum Gasteiger partial charge on any atom is 0.283 e. The molecule has 8 nitrogen and oxygen atoms in total. The highest BCUT2D eigenvalue weighted by Gasteiger charge is 2.19. The van der Waals surface area contributed by atoms with Crippen molar-refractivity contribution < 1.29 is 14.3 Å². The van der Waals surface area contributed by atoms with Crippen LogP contribution in [0.2, 0.25) is 0 Å². The number of carbonyl (C=O) groups is 1. The second-order valence-corrected chi connectivity index (χ2v) is 9.30. The van der Waals surface area contributed by atoms with Crippen molar-refractivity contribution in [3.8, 4) is 17.2 Å². The molecule has 0 aliphatic rings. The molecule has 3 aromatic carbocycles. The number of carbonyl (C=O) groups excluding carboxylic acids is 1. The molecule has 0 spiro atoms. The molecule has 0 unspecified atom stereocenters. The van der Waals surface area contributed by atoms with Gasteiger partial charge in [0.05, 0.1) is 25.7 Å². The molecule has 2 aromatic heterocycles. The van der Waals surface area contributed by atoms with E-state index < -0.39 is 0 Å². The number of para-hydroxylation sites is 1. The van der Waals surface area contributed by atoms with Crippen LogP contribution in [0.4, 0.5) is 5.69 Å². The van der Waals surface area contributed by atoms with Crippen molar-refractivity contribution in [3.05, 3.63) is 82.6 Å². The molecule has 188 valence electrons. The van der Waals surface area contributed by atoms with Gasteiger partial charge in [0.1, 0.15) is 11.0 Å². The Kier molecular flexibility index (Phi) is 6.87. The minimum absolute atomic E-state index is 0.0725. The molecule has 0 atom stereocenters. The summed E-state index contributed by atoms with van der Waals surface area (Å²) in [5.41, 5.74) is 3.97. The lowest BCUT2D eigenvalue weighted by molar-refractivity contribution is -0.113. The minimum Gasteiger partial charge on any atom is -0.493 e. The molecular formula is C28H26N4O4S. The summed E-state index contributed by atoms with van der Waals surface area (Å²) in [5, 5.41) is 4.15. The summed E-state index contributed by atoms with van der Waals surface area (Å²) in [7, 11) is 3.09. The second-order valence-electron chi connectivity index (χ2n) is 8.36. The minimum atomic E-state index is -0.272. The molecule has 9 heteroatoms. The van der Waals surface area contributed by atoms with E-state index in [1.54, 1.807) is 25.3 Å². The fourth-order valence-electron chi connectivity index (χ4n) is 4.18.